The van der Waals surface area contributed by atoms with Crippen LogP contribution in [0.15, 0.2) is 0 Å². The highest BCUT2D eigenvalue weighted by Gasteiger charge is 2.12. The summed E-state index contributed by atoms with van der Waals surface area (Å²) in [6.45, 7) is 4.22. The molecule has 0 aromatic carbocycles. The summed E-state index contributed by atoms with van der Waals surface area (Å²) in [5, 5.41) is 2.45. The molecule has 5 heteroatoms. The third-order valence-corrected chi connectivity index (χ3v) is 1.58. The van der Waals surface area contributed by atoms with Crippen molar-refractivity contribution in [1.82, 2.24) is 5.32 Å². The number of esters is 1. The van der Waals surface area contributed by atoms with E-state index in [1.54, 1.807) is 6.92 Å². The van der Waals surface area contributed by atoms with E-state index in [4.69, 9.17) is 5.73 Å². The normalized spacial score (nSPS) is 11.9. The Kier molecular flexibility index (Phi) is 6.74. The van der Waals surface area contributed by atoms with E-state index in [0.717, 1.165) is 12.8 Å². The first-order chi connectivity index (χ1) is 6.57. The molecule has 0 saturated heterocycles. The molecule has 1 atom stereocenters. The largest absolute Gasteiger partial charge is 0.459 e. The molecule has 1 amide bonds. The molecule has 1 unspecified atom stereocenters. The zero-order chi connectivity index (χ0) is 11.0. The fourth-order valence-electron chi connectivity index (χ4n) is 0.895. The van der Waals surface area contributed by atoms with E-state index >= 15 is 0 Å². The van der Waals surface area contributed by atoms with Crippen LogP contribution in [0.1, 0.15) is 26.7 Å². The number of carbonyl (C=O) groups is 2. The fourth-order valence-corrected chi connectivity index (χ4v) is 0.895. The number of rotatable bonds is 5. The minimum Gasteiger partial charge on any atom is -0.459 e. The Morgan fingerprint density at radius 1 is 1.50 bits per heavy atom. The van der Waals surface area contributed by atoms with Crippen molar-refractivity contribution in [2.75, 3.05) is 13.2 Å². The van der Waals surface area contributed by atoms with Gasteiger partial charge in [0.2, 0.25) is 0 Å². The lowest BCUT2D eigenvalue weighted by atomic mass is 10.2. The van der Waals surface area contributed by atoms with E-state index < -0.39 is 11.9 Å². The molecule has 0 aliphatic heterocycles. The molecule has 0 radical (unpaired) electrons. The van der Waals surface area contributed by atoms with Crippen LogP contribution in [0.2, 0.25) is 0 Å². The molecule has 0 spiro atoms. The summed E-state index contributed by atoms with van der Waals surface area (Å²) in [4.78, 5) is 21.8. The van der Waals surface area contributed by atoms with Gasteiger partial charge in [0.15, 0.2) is 0 Å². The first kappa shape index (κ1) is 12.9. The second-order valence-corrected chi connectivity index (χ2v) is 3.10. The molecule has 0 heterocycles. The molecule has 82 valence electrons. The first-order valence-electron chi connectivity index (χ1n) is 4.78. The molecule has 5 nitrogen and oxygen atoms in total. The van der Waals surface area contributed by atoms with Gasteiger partial charge in [-0.25, -0.2) is 4.79 Å². The van der Waals surface area contributed by atoms with Crippen molar-refractivity contribution < 1.29 is 14.3 Å². The average Bonchev–Trinajstić information content (AvgIpc) is 2.12. The summed E-state index contributed by atoms with van der Waals surface area (Å²) in [6.07, 6.45) is 1.59. The van der Waals surface area contributed by atoms with Gasteiger partial charge in [-0.1, -0.05) is 0 Å². The van der Waals surface area contributed by atoms with Gasteiger partial charge in [0.05, 0.1) is 6.61 Å². The van der Waals surface area contributed by atoms with Crippen LogP contribution in [0.4, 0.5) is 0 Å². The van der Waals surface area contributed by atoms with Crippen LogP contribution in [0.25, 0.3) is 0 Å². The number of amides is 1. The van der Waals surface area contributed by atoms with Crippen molar-refractivity contribution >= 4 is 11.9 Å². The molecule has 14 heavy (non-hydrogen) atoms. The SMILES string of the molecule is CCOC(=O)C(=O)NCCCC(C)N. The maximum Gasteiger partial charge on any atom is 0.396 e. The molecule has 0 aromatic rings. The van der Waals surface area contributed by atoms with Crippen molar-refractivity contribution in [1.29, 1.82) is 0 Å². The van der Waals surface area contributed by atoms with E-state index in [-0.39, 0.29) is 12.6 Å². The monoisotopic (exact) mass is 202 g/mol. The van der Waals surface area contributed by atoms with E-state index in [1.165, 1.54) is 0 Å². The molecule has 0 aliphatic rings. The highest BCUT2D eigenvalue weighted by molar-refractivity contribution is 6.32. The van der Waals surface area contributed by atoms with Crippen LogP contribution >= 0.6 is 0 Å². The van der Waals surface area contributed by atoms with E-state index in [2.05, 4.69) is 10.1 Å². The summed E-state index contributed by atoms with van der Waals surface area (Å²) in [7, 11) is 0. The first-order valence-corrected chi connectivity index (χ1v) is 4.78. The van der Waals surface area contributed by atoms with Crippen molar-refractivity contribution in [2.45, 2.75) is 32.7 Å². The summed E-state index contributed by atoms with van der Waals surface area (Å²) in [5.74, 6) is -1.51. The summed E-state index contributed by atoms with van der Waals surface area (Å²) < 4.78 is 4.51. The molecule has 0 saturated carbocycles. The van der Waals surface area contributed by atoms with Crippen LogP contribution in [0.5, 0.6) is 0 Å². The smallest absolute Gasteiger partial charge is 0.396 e. The minimum absolute atomic E-state index is 0.120. The molecule has 0 rings (SSSR count). The Morgan fingerprint density at radius 2 is 2.14 bits per heavy atom. The maximum atomic E-state index is 11.0. The Morgan fingerprint density at radius 3 is 2.64 bits per heavy atom. The van der Waals surface area contributed by atoms with Crippen molar-refractivity contribution in [2.24, 2.45) is 5.73 Å². The molecular formula is C9H18N2O3. The van der Waals surface area contributed by atoms with E-state index in [0.29, 0.717) is 6.54 Å². The van der Waals surface area contributed by atoms with Crippen LogP contribution in [0, 0.1) is 0 Å². The van der Waals surface area contributed by atoms with Gasteiger partial charge in [-0.05, 0) is 26.7 Å². The quantitative estimate of drug-likeness (QED) is 0.367. The lowest BCUT2D eigenvalue weighted by molar-refractivity contribution is -0.154. The zero-order valence-electron chi connectivity index (χ0n) is 8.71. The van der Waals surface area contributed by atoms with Gasteiger partial charge in [0, 0.05) is 12.6 Å². The van der Waals surface area contributed by atoms with Crippen molar-refractivity contribution in [3.05, 3.63) is 0 Å². The Balaban J connectivity index is 3.49. The van der Waals surface area contributed by atoms with Gasteiger partial charge in [0.25, 0.3) is 0 Å². The van der Waals surface area contributed by atoms with Crippen molar-refractivity contribution in [3.8, 4) is 0 Å². The van der Waals surface area contributed by atoms with Gasteiger partial charge in [-0.15, -0.1) is 0 Å². The van der Waals surface area contributed by atoms with Gasteiger partial charge < -0.3 is 15.8 Å². The Hall–Kier alpha value is -1.10. The number of ether oxygens (including phenoxy) is 1. The van der Waals surface area contributed by atoms with Crippen LogP contribution in [0.3, 0.4) is 0 Å². The number of hydrogen-bond acceptors (Lipinski definition) is 4. The standard InChI is InChI=1S/C9H18N2O3/c1-3-14-9(13)8(12)11-6-4-5-7(2)10/h7H,3-6,10H2,1-2H3,(H,11,12). The van der Waals surface area contributed by atoms with Gasteiger partial charge in [0.1, 0.15) is 0 Å². The van der Waals surface area contributed by atoms with Gasteiger partial charge >= 0.3 is 11.9 Å². The van der Waals surface area contributed by atoms with Gasteiger partial charge in [-0.2, -0.15) is 0 Å². The fraction of sp³-hybridized carbons (Fsp3) is 0.778. The molecule has 0 aromatic heterocycles. The highest BCUT2D eigenvalue weighted by Crippen LogP contribution is 1.91. The molecule has 3 N–H and O–H groups in total. The number of nitrogens with two attached hydrogens (primary N) is 1. The lowest BCUT2D eigenvalue weighted by Crippen LogP contribution is -2.33. The Labute approximate surface area is 84.0 Å². The summed E-state index contributed by atoms with van der Waals surface area (Å²) in [5.41, 5.74) is 5.51. The highest BCUT2D eigenvalue weighted by atomic mass is 16.5. The molecule has 0 bridgehead atoms. The van der Waals surface area contributed by atoms with Crippen LogP contribution in [-0.4, -0.2) is 31.1 Å². The molecular weight excluding hydrogens is 184 g/mol. The number of carbonyl (C=O) groups excluding carboxylic acids is 2. The third kappa shape index (κ3) is 6.42. The average molecular weight is 202 g/mol. The second-order valence-electron chi connectivity index (χ2n) is 3.10. The molecule has 0 fully saturated rings. The zero-order valence-corrected chi connectivity index (χ0v) is 8.71. The summed E-state index contributed by atoms with van der Waals surface area (Å²) in [6, 6.07) is 0.120. The Bertz CT molecular complexity index is 192. The third-order valence-electron chi connectivity index (χ3n) is 1.58. The van der Waals surface area contributed by atoms with Gasteiger partial charge in [-0.3, -0.25) is 4.79 Å². The van der Waals surface area contributed by atoms with Crippen LogP contribution < -0.4 is 11.1 Å². The van der Waals surface area contributed by atoms with E-state index in [9.17, 15) is 9.59 Å². The maximum absolute atomic E-state index is 11.0. The minimum atomic E-state index is -0.826. The van der Waals surface area contributed by atoms with Crippen molar-refractivity contribution in [3.63, 3.8) is 0 Å². The predicted octanol–water partition coefficient (Wildman–Crippen LogP) is -0.207. The topological polar surface area (TPSA) is 81.4 Å². The second kappa shape index (κ2) is 7.32. The van der Waals surface area contributed by atoms with Crippen LogP contribution in [-0.2, 0) is 14.3 Å². The lowest BCUT2D eigenvalue weighted by Gasteiger charge is -2.06. The molecule has 0 aliphatic carbocycles. The predicted molar refractivity (Wildman–Crippen MR) is 52.5 cm³/mol. The number of nitrogens with one attached hydrogen (secondary N) is 1. The number of hydrogen-bond donors (Lipinski definition) is 2. The van der Waals surface area contributed by atoms with E-state index in [1.807, 2.05) is 6.92 Å². The summed E-state index contributed by atoms with van der Waals surface area (Å²) >= 11 is 0.